The zero-order chi connectivity index (χ0) is 11.0. The van der Waals surface area contributed by atoms with Crippen molar-refractivity contribution in [1.82, 2.24) is 4.72 Å². The van der Waals surface area contributed by atoms with Gasteiger partial charge in [0.2, 0.25) is 10.0 Å². The fourth-order valence-corrected chi connectivity index (χ4v) is 2.98. The molecule has 0 aliphatic carbocycles. The van der Waals surface area contributed by atoms with E-state index in [0.29, 0.717) is 0 Å². The second-order valence-electron chi connectivity index (χ2n) is 3.52. The van der Waals surface area contributed by atoms with Crippen LogP contribution in [0, 0.1) is 0 Å². The lowest BCUT2D eigenvalue weighted by Crippen LogP contribution is -2.34. The number of rotatable bonds is 8. The molecule has 3 nitrogen and oxygen atoms in total. The summed E-state index contributed by atoms with van der Waals surface area (Å²) in [6, 6.07) is 0.0504. The molecular weight excluding hydrogens is 266 g/mol. The molecule has 1 unspecified atom stereocenters. The number of alkyl halides is 1. The third-order valence-corrected chi connectivity index (χ3v) is 4.07. The molecule has 14 heavy (non-hydrogen) atoms. The summed E-state index contributed by atoms with van der Waals surface area (Å²) in [5.74, 6) is 0.252. The Balaban J connectivity index is 3.83. The van der Waals surface area contributed by atoms with E-state index in [4.69, 9.17) is 0 Å². The van der Waals surface area contributed by atoms with Gasteiger partial charge in [0.25, 0.3) is 0 Å². The van der Waals surface area contributed by atoms with Crippen LogP contribution in [0.25, 0.3) is 0 Å². The van der Waals surface area contributed by atoms with Crippen LogP contribution in [0.3, 0.4) is 0 Å². The van der Waals surface area contributed by atoms with Crippen LogP contribution >= 0.6 is 15.9 Å². The second-order valence-corrected chi connectivity index (χ2v) is 6.19. The molecule has 1 N–H and O–H groups in total. The van der Waals surface area contributed by atoms with Gasteiger partial charge in [0.15, 0.2) is 0 Å². The smallest absolute Gasteiger partial charge is 0.211 e. The van der Waals surface area contributed by atoms with Gasteiger partial charge in [0, 0.05) is 11.4 Å². The molecule has 0 aromatic rings. The Hall–Kier alpha value is 0.390. The molecule has 0 bridgehead atoms. The Labute approximate surface area is 95.8 Å². The average Bonchev–Trinajstić information content (AvgIpc) is 2.11. The van der Waals surface area contributed by atoms with Crippen molar-refractivity contribution in [2.75, 3.05) is 11.1 Å². The molecule has 0 radical (unpaired) electrons. The van der Waals surface area contributed by atoms with Gasteiger partial charge in [-0.3, -0.25) is 0 Å². The highest BCUT2D eigenvalue weighted by Crippen LogP contribution is 2.02. The topological polar surface area (TPSA) is 46.2 Å². The first-order valence-electron chi connectivity index (χ1n) is 5.07. The predicted molar refractivity (Wildman–Crippen MR) is 64.3 cm³/mol. The summed E-state index contributed by atoms with van der Waals surface area (Å²) < 4.78 is 25.6. The van der Waals surface area contributed by atoms with Crippen molar-refractivity contribution in [2.24, 2.45) is 0 Å². The maximum Gasteiger partial charge on any atom is 0.211 e. The quantitative estimate of drug-likeness (QED) is 0.696. The summed E-state index contributed by atoms with van der Waals surface area (Å²) in [4.78, 5) is 0. The van der Waals surface area contributed by atoms with Crippen LogP contribution in [0.1, 0.15) is 39.5 Å². The highest BCUT2D eigenvalue weighted by Gasteiger charge is 2.12. The third kappa shape index (κ3) is 7.76. The normalized spacial score (nSPS) is 14.2. The summed E-state index contributed by atoms with van der Waals surface area (Å²) in [6.45, 7) is 3.90. The minimum Gasteiger partial charge on any atom is -0.212 e. The van der Waals surface area contributed by atoms with Gasteiger partial charge in [0.1, 0.15) is 0 Å². The van der Waals surface area contributed by atoms with Crippen LogP contribution in [0.2, 0.25) is 0 Å². The maximum atomic E-state index is 11.4. The Morgan fingerprint density at radius 2 is 2.00 bits per heavy atom. The molecule has 0 heterocycles. The first-order chi connectivity index (χ1) is 6.52. The van der Waals surface area contributed by atoms with Gasteiger partial charge in [-0.2, -0.15) is 0 Å². The van der Waals surface area contributed by atoms with Crippen LogP contribution in [0.4, 0.5) is 0 Å². The first-order valence-corrected chi connectivity index (χ1v) is 7.85. The third-order valence-electron chi connectivity index (χ3n) is 1.92. The number of nitrogens with one attached hydrogen (secondary N) is 1. The van der Waals surface area contributed by atoms with E-state index in [1.165, 1.54) is 0 Å². The summed E-state index contributed by atoms with van der Waals surface area (Å²) in [5, 5.41) is 0.925. The fraction of sp³-hybridized carbons (Fsp3) is 1.00. The van der Waals surface area contributed by atoms with Crippen molar-refractivity contribution in [1.29, 1.82) is 0 Å². The van der Waals surface area contributed by atoms with Gasteiger partial charge in [-0.05, 0) is 26.2 Å². The van der Waals surface area contributed by atoms with Crippen molar-refractivity contribution in [3.63, 3.8) is 0 Å². The minimum absolute atomic E-state index is 0.0504. The van der Waals surface area contributed by atoms with Gasteiger partial charge in [-0.1, -0.05) is 29.3 Å². The van der Waals surface area contributed by atoms with Crippen LogP contribution in [-0.4, -0.2) is 25.5 Å². The molecule has 0 spiro atoms. The Kier molecular flexibility index (Phi) is 7.86. The molecule has 0 aliphatic heterocycles. The lowest BCUT2D eigenvalue weighted by molar-refractivity contribution is 0.543. The molecule has 86 valence electrons. The van der Waals surface area contributed by atoms with E-state index in [0.717, 1.165) is 31.0 Å². The van der Waals surface area contributed by atoms with Crippen molar-refractivity contribution < 1.29 is 8.42 Å². The van der Waals surface area contributed by atoms with Gasteiger partial charge < -0.3 is 0 Å². The monoisotopic (exact) mass is 285 g/mol. The van der Waals surface area contributed by atoms with E-state index in [1.807, 2.05) is 13.8 Å². The van der Waals surface area contributed by atoms with E-state index in [-0.39, 0.29) is 11.8 Å². The molecule has 1 atom stereocenters. The summed E-state index contributed by atoms with van der Waals surface area (Å²) in [6.07, 6.45) is 3.53. The minimum atomic E-state index is -3.04. The molecule has 0 rings (SSSR count). The second kappa shape index (κ2) is 7.65. The van der Waals surface area contributed by atoms with Crippen LogP contribution in [0.15, 0.2) is 0 Å². The molecule has 0 fully saturated rings. The van der Waals surface area contributed by atoms with E-state index in [9.17, 15) is 8.42 Å². The zero-order valence-electron chi connectivity index (χ0n) is 8.92. The average molecular weight is 286 g/mol. The van der Waals surface area contributed by atoms with E-state index < -0.39 is 10.0 Å². The molecule has 0 aromatic heterocycles. The standard InChI is InChI=1S/C9H20BrNO2S/c1-3-4-8-14(12,13)11-9(2)6-5-7-10/h9,11H,3-8H2,1-2H3. The SMILES string of the molecule is CCCCS(=O)(=O)NC(C)CCCBr. The van der Waals surface area contributed by atoms with Crippen LogP contribution < -0.4 is 4.72 Å². The molecule has 0 aromatic carbocycles. The van der Waals surface area contributed by atoms with E-state index >= 15 is 0 Å². The number of halogens is 1. The Morgan fingerprint density at radius 1 is 1.36 bits per heavy atom. The molecule has 0 aliphatic rings. The zero-order valence-corrected chi connectivity index (χ0v) is 11.3. The van der Waals surface area contributed by atoms with Crippen molar-refractivity contribution in [2.45, 2.75) is 45.6 Å². The number of hydrogen-bond donors (Lipinski definition) is 1. The highest BCUT2D eigenvalue weighted by atomic mass is 79.9. The molecule has 5 heteroatoms. The summed E-state index contributed by atoms with van der Waals surface area (Å²) in [7, 11) is -3.04. The number of hydrogen-bond acceptors (Lipinski definition) is 2. The fourth-order valence-electron chi connectivity index (χ4n) is 1.14. The molecule has 0 saturated heterocycles. The lowest BCUT2D eigenvalue weighted by atomic mass is 10.2. The highest BCUT2D eigenvalue weighted by molar-refractivity contribution is 9.09. The van der Waals surface area contributed by atoms with Gasteiger partial charge in [0.05, 0.1) is 5.75 Å². The number of sulfonamides is 1. The van der Waals surface area contributed by atoms with Gasteiger partial charge >= 0.3 is 0 Å². The van der Waals surface area contributed by atoms with E-state index in [2.05, 4.69) is 20.7 Å². The Morgan fingerprint density at radius 3 is 2.50 bits per heavy atom. The first kappa shape index (κ1) is 14.4. The summed E-state index contributed by atoms with van der Waals surface area (Å²) >= 11 is 3.32. The van der Waals surface area contributed by atoms with Gasteiger partial charge in [-0.15, -0.1) is 0 Å². The van der Waals surface area contributed by atoms with Gasteiger partial charge in [-0.25, -0.2) is 13.1 Å². The Bertz CT molecular complexity index is 229. The van der Waals surface area contributed by atoms with Crippen molar-refractivity contribution in [3.8, 4) is 0 Å². The van der Waals surface area contributed by atoms with E-state index in [1.54, 1.807) is 0 Å². The predicted octanol–water partition coefficient (Wildman–Crippen LogP) is 2.27. The van der Waals surface area contributed by atoms with Crippen molar-refractivity contribution in [3.05, 3.63) is 0 Å². The molecule has 0 amide bonds. The summed E-state index contributed by atoms with van der Waals surface area (Å²) in [5.41, 5.74) is 0. The maximum absolute atomic E-state index is 11.4. The van der Waals surface area contributed by atoms with Crippen LogP contribution in [-0.2, 0) is 10.0 Å². The lowest BCUT2D eigenvalue weighted by Gasteiger charge is -2.13. The van der Waals surface area contributed by atoms with Crippen molar-refractivity contribution >= 4 is 26.0 Å². The number of unbranched alkanes of at least 4 members (excludes halogenated alkanes) is 1. The largest absolute Gasteiger partial charge is 0.212 e. The van der Waals surface area contributed by atoms with Crippen LogP contribution in [0.5, 0.6) is 0 Å². The molecular formula is C9H20BrNO2S. The molecule has 0 saturated carbocycles.